The highest BCUT2D eigenvalue weighted by Gasteiger charge is 2.18. The second-order valence-electron chi connectivity index (χ2n) is 6.91. The van der Waals surface area contributed by atoms with Crippen LogP contribution in [0.2, 0.25) is 0 Å². The van der Waals surface area contributed by atoms with Crippen molar-refractivity contribution in [2.75, 3.05) is 6.61 Å². The van der Waals surface area contributed by atoms with Gasteiger partial charge in [0.1, 0.15) is 11.5 Å². The summed E-state index contributed by atoms with van der Waals surface area (Å²) in [4.78, 5) is 35.2. The number of nitrogens with zero attached hydrogens (tertiary/aromatic N) is 1. The van der Waals surface area contributed by atoms with E-state index in [9.17, 15) is 14.4 Å². The van der Waals surface area contributed by atoms with Crippen molar-refractivity contribution >= 4 is 24.2 Å². The first-order chi connectivity index (χ1) is 16.0. The van der Waals surface area contributed by atoms with E-state index in [0.717, 1.165) is 5.56 Å². The molecule has 0 spiro atoms. The van der Waals surface area contributed by atoms with Gasteiger partial charge in [-0.05, 0) is 36.8 Å². The van der Waals surface area contributed by atoms with Crippen molar-refractivity contribution in [1.82, 2.24) is 10.7 Å². The summed E-state index contributed by atoms with van der Waals surface area (Å²) < 4.78 is 10.6. The number of aromatic carboxylic acids is 1. The number of carboxylic acids is 1. The first-order valence-corrected chi connectivity index (χ1v) is 10.2. The molecule has 0 fully saturated rings. The molecule has 1 atom stereocenters. The number of carboxylic acid groups (broad SMARTS) is 1. The summed E-state index contributed by atoms with van der Waals surface area (Å²) in [6, 6.07) is 18.2. The molecule has 0 aliphatic rings. The lowest BCUT2D eigenvalue weighted by Gasteiger charge is -2.17. The van der Waals surface area contributed by atoms with Crippen LogP contribution in [0.1, 0.15) is 41.1 Å². The van der Waals surface area contributed by atoms with Gasteiger partial charge >= 0.3 is 12.1 Å². The number of hydrazone groups is 1. The molecule has 2 amide bonds. The average molecular weight is 449 g/mol. The van der Waals surface area contributed by atoms with Crippen LogP contribution < -0.4 is 10.7 Å². The third-order valence-corrected chi connectivity index (χ3v) is 4.58. The predicted octanol–water partition coefficient (Wildman–Crippen LogP) is 3.97. The van der Waals surface area contributed by atoms with Crippen LogP contribution in [0, 0.1) is 0 Å². The van der Waals surface area contributed by atoms with E-state index in [1.165, 1.54) is 18.3 Å². The summed E-state index contributed by atoms with van der Waals surface area (Å²) in [5.74, 6) is -0.483. The molecule has 0 bridgehead atoms. The minimum Gasteiger partial charge on any atom is -0.478 e. The summed E-state index contributed by atoms with van der Waals surface area (Å²) in [6.45, 7) is 1.92. The van der Waals surface area contributed by atoms with Gasteiger partial charge in [-0.2, -0.15) is 5.10 Å². The molecule has 0 aliphatic heterocycles. The van der Waals surface area contributed by atoms with Crippen LogP contribution in [0.25, 0.3) is 11.3 Å². The molecule has 170 valence electrons. The smallest absolute Gasteiger partial charge is 0.407 e. The molecule has 3 rings (SSSR count). The average Bonchev–Trinajstić information content (AvgIpc) is 3.28. The second-order valence-corrected chi connectivity index (χ2v) is 6.91. The quantitative estimate of drug-likeness (QED) is 0.335. The maximum atomic E-state index is 12.4. The normalized spacial score (nSPS) is 11.7. The molecule has 9 nitrogen and oxygen atoms in total. The van der Waals surface area contributed by atoms with Gasteiger partial charge in [-0.1, -0.05) is 42.5 Å². The van der Waals surface area contributed by atoms with E-state index in [0.29, 0.717) is 17.1 Å². The zero-order chi connectivity index (χ0) is 23.6. The van der Waals surface area contributed by atoms with Gasteiger partial charge in [-0.3, -0.25) is 4.79 Å². The van der Waals surface area contributed by atoms with Crippen molar-refractivity contribution in [3.8, 4) is 11.3 Å². The monoisotopic (exact) mass is 449 g/mol. The Kier molecular flexibility index (Phi) is 7.96. The third-order valence-electron chi connectivity index (χ3n) is 4.58. The van der Waals surface area contributed by atoms with Gasteiger partial charge in [0.05, 0.1) is 30.8 Å². The lowest BCUT2D eigenvalue weighted by atomic mass is 10.0. The number of benzene rings is 2. The van der Waals surface area contributed by atoms with E-state index >= 15 is 0 Å². The number of nitrogens with one attached hydrogen (secondary N) is 2. The highest BCUT2D eigenvalue weighted by Crippen LogP contribution is 2.22. The molecule has 0 aliphatic carbocycles. The molecule has 0 unspecified atom stereocenters. The Bertz CT molecular complexity index is 1120. The first kappa shape index (κ1) is 23.3. The lowest BCUT2D eigenvalue weighted by Crippen LogP contribution is -2.33. The molecule has 3 aromatic rings. The Morgan fingerprint density at radius 2 is 1.79 bits per heavy atom. The van der Waals surface area contributed by atoms with Crippen LogP contribution in [0.15, 0.2) is 76.2 Å². The Morgan fingerprint density at radius 1 is 1.06 bits per heavy atom. The van der Waals surface area contributed by atoms with Crippen molar-refractivity contribution in [3.05, 3.63) is 83.6 Å². The van der Waals surface area contributed by atoms with E-state index in [1.54, 1.807) is 43.3 Å². The maximum Gasteiger partial charge on any atom is 0.407 e. The summed E-state index contributed by atoms with van der Waals surface area (Å²) in [6.07, 6.45) is 0.699. The van der Waals surface area contributed by atoms with Gasteiger partial charge in [0.25, 0.3) is 0 Å². The number of ether oxygens (including phenoxy) is 1. The number of alkyl carbamates (subject to hydrolysis) is 1. The molecule has 0 radical (unpaired) electrons. The fraction of sp³-hybridized carbons (Fsp3) is 0.167. The molecule has 0 saturated carbocycles. The number of hydrogen-bond donors (Lipinski definition) is 3. The fourth-order valence-electron chi connectivity index (χ4n) is 3.01. The topological polar surface area (TPSA) is 130 Å². The van der Waals surface area contributed by atoms with Crippen LogP contribution in [0.5, 0.6) is 0 Å². The Morgan fingerprint density at radius 3 is 2.45 bits per heavy atom. The SMILES string of the molecule is CCOC(=O)N[C@H](CC(=O)N/N=C\c1ccc(-c2ccc(C(=O)O)cc2)o1)c1ccccc1. The van der Waals surface area contributed by atoms with Gasteiger partial charge in [0.15, 0.2) is 0 Å². The van der Waals surface area contributed by atoms with Crippen molar-refractivity contribution in [2.24, 2.45) is 5.10 Å². The van der Waals surface area contributed by atoms with Gasteiger partial charge < -0.3 is 19.6 Å². The van der Waals surface area contributed by atoms with Crippen molar-refractivity contribution in [2.45, 2.75) is 19.4 Å². The zero-order valence-electron chi connectivity index (χ0n) is 17.9. The highest BCUT2D eigenvalue weighted by atomic mass is 16.5. The maximum absolute atomic E-state index is 12.4. The largest absolute Gasteiger partial charge is 0.478 e. The highest BCUT2D eigenvalue weighted by molar-refractivity contribution is 5.88. The molecule has 1 aromatic heterocycles. The molecule has 0 saturated heterocycles. The second kappa shape index (κ2) is 11.3. The van der Waals surface area contributed by atoms with E-state index in [4.69, 9.17) is 14.3 Å². The number of carbonyl (C=O) groups excluding carboxylic acids is 2. The van der Waals surface area contributed by atoms with Crippen LogP contribution in [0.4, 0.5) is 4.79 Å². The van der Waals surface area contributed by atoms with Gasteiger partial charge in [-0.15, -0.1) is 0 Å². The minimum atomic E-state index is -1.00. The summed E-state index contributed by atoms with van der Waals surface area (Å²) in [5.41, 5.74) is 4.07. The van der Waals surface area contributed by atoms with Gasteiger partial charge in [0.2, 0.25) is 5.91 Å². The van der Waals surface area contributed by atoms with E-state index < -0.39 is 24.0 Å². The number of rotatable bonds is 9. The first-order valence-electron chi connectivity index (χ1n) is 10.2. The van der Waals surface area contributed by atoms with E-state index in [2.05, 4.69) is 15.8 Å². The van der Waals surface area contributed by atoms with Crippen molar-refractivity contribution in [3.63, 3.8) is 0 Å². The summed E-state index contributed by atoms with van der Waals surface area (Å²) >= 11 is 0. The van der Waals surface area contributed by atoms with Crippen molar-refractivity contribution in [1.29, 1.82) is 0 Å². The minimum absolute atomic E-state index is 0.0422. The molecule has 3 N–H and O–H groups in total. The molecule has 9 heteroatoms. The zero-order valence-corrected chi connectivity index (χ0v) is 17.9. The summed E-state index contributed by atoms with van der Waals surface area (Å²) in [5, 5.41) is 15.6. The molecular formula is C24H23N3O6. The van der Waals surface area contributed by atoms with Crippen LogP contribution in [-0.4, -0.2) is 35.9 Å². The predicted molar refractivity (Wildman–Crippen MR) is 121 cm³/mol. The molecular weight excluding hydrogens is 426 g/mol. The Balaban J connectivity index is 1.59. The van der Waals surface area contributed by atoms with E-state index in [-0.39, 0.29) is 18.6 Å². The molecule has 2 aromatic carbocycles. The number of furan rings is 1. The number of hydrogen-bond acceptors (Lipinski definition) is 6. The Hall–Kier alpha value is -4.40. The molecule has 33 heavy (non-hydrogen) atoms. The lowest BCUT2D eigenvalue weighted by molar-refractivity contribution is -0.121. The fourth-order valence-corrected chi connectivity index (χ4v) is 3.01. The number of carbonyl (C=O) groups is 3. The van der Waals surface area contributed by atoms with Gasteiger partial charge in [0, 0.05) is 5.56 Å². The van der Waals surface area contributed by atoms with Crippen molar-refractivity contribution < 1.29 is 28.6 Å². The van der Waals surface area contributed by atoms with Crippen LogP contribution in [0.3, 0.4) is 0 Å². The third kappa shape index (κ3) is 6.79. The van der Waals surface area contributed by atoms with Crippen LogP contribution in [-0.2, 0) is 9.53 Å². The summed E-state index contributed by atoms with van der Waals surface area (Å²) in [7, 11) is 0. The van der Waals surface area contributed by atoms with E-state index in [1.807, 2.05) is 18.2 Å². The number of amides is 2. The van der Waals surface area contributed by atoms with Gasteiger partial charge in [-0.25, -0.2) is 15.0 Å². The molecule has 1 heterocycles. The Labute approximate surface area is 190 Å². The standard InChI is InChI=1S/C24H23N3O6/c1-2-32-24(31)26-20(16-6-4-3-5-7-16)14-22(28)27-25-15-19-12-13-21(33-19)17-8-10-18(11-9-17)23(29)30/h3-13,15,20H,2,14H2,1H3,(H,26,31)(H,27,28)(H,29,30)/b25-15-/t20-/m1/s1. The van der Waals surface area contributed by atoms with Crippen LogP contribution >= 0.6 is 0 Å².